The molecule has 1 aliphatic rings. The van der Waals surface area contributed by atoms with Crippen molar-refractivity contribution >= 4 is 0 Å². The van der Waals surface area contributed by atoms with Gasteiger partial charge in [-0.3, -0.25) is 0 Å². The fourth-order valence-corrected chi connectivity index (χ4v) is 2.62. The Balaban J connectivity index is 2.12. The zero-order chi connectivity index (χ0) is 14.6. The Kier molecular flexibility index (Phi) is 5.04. The first-order valence-electron chi connectivity index (χ1n) is 7.00. The van der Waals surface area contributed by atoms with E-state index in [1.54, 1.807) is 0 Å². The predicted molar refractivity (Wildman–Crippen MR) is 66.4 cm³/mol. The van der Waals surface area contributed by atoms with E-state index >= 15 is 0 Å². The molecule has 0 bridgehead atoms. The molecule has 1 atom stereocenters. The lowest BCUT2D eigenvalue weighted by Gasteiger charge is -2.33. The van der Waals surface area contributed by atoms with Gasteiger partial charge < -0.3 is 14.4 Å². The first-order valence-corrected chi connectivity index (χ1v) is 7.00. The highest BCUT2D eigenvalue weighted by atomic mass is 19.3. The number of hydrogen-bond acceptors (Lipinski definition) is 5. The van der Waals surface area contributed by atoms with Crippen LogP contribution in [-0.4, -0.2) is 34.4 Å². The Labute approximate surface area is 116 Å². The van der Waals surface area contributed by atoms with Crippen LogP contribution < -0.4 is 0 Å². The molecule has 0 aromatic carbocycles. The lowest BCUT2D eigenvalue weighted by Crippen LogP contribution is -2.33. The lowest BCUT2D eigenvalue weighted by atomic mass is 9.84. The molecule has 5 nitrogen and oxygen atoms in total. The standard InChI is InChI=1S/C13H20F2N2O3/c1-2-19-13(6-4-3-5-7-13)12-16-10(20-17-12)8-9(18)11(14)15/h9,11,18H,2-8H2,1H3. The molecule has 7 heteroatoms. The van der Waals surface area contributed by atoms with Gasteiger partial charge in [-0.1, -0.05) is 24.4 Å². The van der Waals surface area contributed by atoms with Gasteiger partial charge in [0.2, 0.25) is 11.7 Å². The van der Waals surface area contributed by atoms with Crippen LogP contribution in [0.1, 0.15) is 50.7 Å². The highest BCUT2D eigenvalue weighted by Crippen LogP contribution is 2.39. The molecule has 1 saturated carbocycles. The molecule has 0 spiro atoms. The van der Waals surface area contributed by atoms with Crippen LogP contribution in [0, 0.1) is 0 Å². The Morgan fingerprint density at radius 1 is 1.35 bits per heavy atom. The first kappa shape index (κ1) is 15.3. The third-order valence-corrected chi connectivity index (χ3v) is 3.63. The highest BCUT2D eigenvalue weighted by molar-refractivity contribution is 5.04. The van der Waals surface area contributed by atoms with Crippen LogP contribution >= 0.6 is 0 Å². The summed E-state index contributed by atoms with van der Waals surface area (Å²) in [4.78, 5) is 4.15. The summed E-state index contributed by atoms with van der Waals surface area (Å²) in [5, 5.41) is 13.0. The van der Waals surface area contributed by atoms with Gasteiger partial charge in [0.1, 0.15) is 11.7 Å². The van der Waals surface area contributed by atoms with Crippen molar-refractivity contribution in [3.8, 4) is 0 Å². The topological polar surface area (TPSA) is 68.4 Å². The van der Waals surface area contributed by atoms with Crippen LogP contribution in [0.5, 0.6) is 0 Å². The first-order chi connectivity index (χ1) is 9.57. The maximum Gasteiger partial charge on any atom is 0.264 e. The van der Waals surface area contributed by atoms with Crippen LogP contribution in [0.3, 0.4) is 0 Å². The molecule has 0 radical (unpaired) electrons. The summed E-state index contributed by atoms with van der Waals surface area (Å²) in [6.45, 7) is 2.43. The normalized spacial score (nSPS) is 20.2. The van der Waals surface area contributed by atoms with Gasteiger partial charge >= 0.3 is 0 Å². The summed E-state index contributed by atoms with van der Waals surface area (Å²) in [7, 11) is 0. The summed E-state index contributed by atoms with van der Waals surface area (Å²) >= 11 is 0. The van der Waals surface area contributed by atoms with Crippen molar-refractivity contribution in [2.24, 2.45) is 0 Å². The number of nitrogens with zero attached hydrogens (tertiary/aromatic N) is 2. The number of halogens is 2. The van der Waals surface area contributed by atoms with Crippen molar-refractivity contribution in [3.63, 3.8) is 0 Å². The van der Waals surface area contributed by atoms with Crippen molar-refractivity contribution in [1.29, 1.82) is 0 Å². The van der Waals surface area contributed by atoms with E-state index in [2.05, 4.69) is 10.1 Å². The molecule has 20 heavy (non-hydrogen) atoms. The molecular formula is C13H20F2N2O3. The Hall–Kier alpha value is -1.08. The van der Waals surface area contributed by atoms with Crippen molar-refractivity contribution in [1.82, 2.24) is 10.1 Å². The fraction of sp³-hybridized carbons (Fsp3) is 0.846. The van der Waals surface area contributed by atoms with Crippen LogP contribution in [0.4, 0.5) is 8.78 Å². The minimum Gasteiger partial charge on any atom is -0.387 e. The number of aromatic nitrogens is 2. The van der Waals surface area contributed by atoms with E-state index in [9.17, 15) is 8.78 Å². The van der Waals surface area contributed by atoms with Crippen LogP contribution in [0.15, 0.2) is 4.52 Å². The lowest BCUT2D eigenvalue weighted by molar-refractivity contribution is -0.0777. The summed E-state index contributed by atoms with van der Waals surface area (Å²) in [6, 6.07) is 0. The Morgan fingerprint density at radius 3 is 2.65 bits per heavy atom. The number of alkyl halides is 2. The second-order valence-electron chi connectivity index (χ2n) is 5.11. The van der Waals surface area contributed by atoms with Gasteiger partial charge in [0.05, 0.1) is 6.42 Å². The molecule has 1 aromatic heterocycles. The summed E-state index contributed by atoms with van der Waals surface area (Å²) < 4.78 is 35.4. The monoisotopic (exact) mass is 290 g/mol. The summed E-state index contributed by atoms with van der Waals surface area (Å²) in [6.07, 6.45) is -0.156. The Bertz CT molecular complexity index is 414. The van der Waals surface area contributed by atoms with E-state index in [4.69, 9.17) is 14.4 Å². The van der Waals surface area contributed by atoms with Crippen molar-refractivity contribution < 1.29 is 23.1 Å². The molecule has 1 unspecified atom stereocenters. The third-order valence-electron chi connectivity index (χ3n) is 3.63. The molecule has 2 rings (SSSR count). The maximum atomic E-state index is 12.3. The summed E-state index contributed by atoms with van der Waals surface area (Å²) in [5.41, 5.74) is -0.565. The predicted octanol–water partition coefficient (Wildman–Crippen LogP) is 2.43. The molecule has 0 aliphatic heterocycles. The van der Waals surface area contributed by atoms with E-state index in [0.29, 0.717) is 12.4 Å². The molecule has 0 saturated heterocycles. The third kappa shape index (κ3) is 3.32. The van der Waals surface area contributed by atoms with E-state index in [-0.39, 0.29) is 12.3 Å². The second kappa shape index (κ2) is 6.58. The van der Waals surface area contributed by atoms with Gasteiger partial charge in [0.15, 0.2) is 0 Å². The fourth-order valence-electron chi connectivity index (χ4n) is 2.62. The van der Waals surface area contributed by atoms with Gasteiger partial charge in [-0.05, 0) is 19.8 Å². The Morgan fingerprint density at radius 2 is 2.05 bits per heavy atom. The number of aliphatic hydroxyl groups excluding tert-OH is 1. The maximum absolute atomic E-state index is 12.3. The molecule has 1 aliphatic carbocycles. The van der Waals surface area contributed by atoms with Crippen LogP contribution in [0.2, 0.25) is 0 Å². The van der Waals surface area contributed by atoms with Gasteiger partial charge in [-0.2, -0.15) is 4.98 Å². The molecule has 114 valence electrons. The number of aliphatic hydroxyl groups is 1. The number of ether oxygens (including phenoxy) is 1. The minimum absolute atomic E-state index is 0.0254. The SMILES string of the molecule is CCOC1(c2noc(CC(O)C(F)F)n2)CCCCC1. The zero-order valence-corrected chi connectivity index (χ0v) is 11.5. The zero-order valence-electron chi connectivity index (χ0n) is 11.5. The molecule has 1 fully saturated rings. The smallest absolute Gasteiger partial charge is 0.264 e. The number of hydrogen-bond donors (Lipinski definition) is 1. The molecule has 1 aromatic rings. The summed E-state index contributed by atoms with van der Waals surface area (Å²) in [5.74, 6) is 0.438. The average molecular weight is 290 g/mol. The van der Waals surface area contributed by atoms with E-state index in [0.717, 1.165) is 32.1 Å². The van der Waals surface area contributed by atoms with Crippen molar-refractivity contribution in [3.05, 3.63) is 11.7 Å². The van der Waals surface area contributed by atoms with E-state index in [1.807, 2.05) is 6.92 Å². The van der Waals surface area contributed by atoms with Crippen LogP contribution in [0.25, 0.3) is 0 Å². The van der Waals surface area contributed by atoms with E-state index in [1.165, 1.54) is 0 Å². The van der Waals surface area contributed by atoms with Crippen molar-refractivity contribution in [2.75, 3.05) is 6.61 Å². The van der Waals surface area contributed by atoms with Crippen LogP contribution in [-0.2, 0) is 16.8 Å². The highest BCUT2D eigenvalue weighted by Gasteiger charge is 2.39. The second-order valence-corrected chi connectivity index (χ2v) is 5.11. The van der Waals surface area contributed by atoms with Gasteiger partial charge in [0, 0.05) is 6.61 Å². The molecule has 0 amide bonds. The average Bonchev–Trinajstić information content (AvgIpc) is 2.89. The largest absolute Gasteiger partial charge is 0.387 e. The van der Waals surface area contributed by atoms with Gasteiger partial charge in [-0.25, -0.2) is 8.78 Å². The minimum atomic E-state index is -2.82. The van der Waals surface area contributed by atoms with Gasteiger partial charge in [-0.15, -0.1) is 0 Å². The van der Waals surface area contributed by atoms with Gasteiger partial charge in [0.25, 0.3) is 6.43 Å². The van der Waals surface area contributed by atoms with Crippen molar-refractivity contribution in [2.45, 2.75) is 63.6 Å². The van der Waals surface area contributed by atoms with E-state index < -0.39 is 18.1 Å². The number of rotatable bonds is 6. The molecule has 1 N–H and O–H groups in total. The quantitative estimate of drug-likeness (QED) is 0.871. The molecular weight excluding hydrogens is 270 g/mol. The molecule has 1 heterocycles.